The highest BCUT2D eigenvalue weighted by molar-refractivity contribution is 5.77. The highest BCUT2D eigenvalue weighted by Crippen LogP contribution is 2.38. The molecular weight excluding hydrogens is 253 g/mol. The van der Waals surface area contributed by atoms with E-state index in [1.54, 1.807) is 0 Å². The Morgan fingerprint density at radius 2 is 1.78 bits per heavy atom. The van der Waals surface area contributed by atoms with E-state index in [1.807, 2.05) is 0 Å². The molecule has 0 aromatic heterocycles. The summed E-state index contributed by atoms with van der Waals surface area (Å²) in [7, 11) is 2.58. The van der Waals surface area contributed by atoms with Gasteiger partial charge in [-0.3, -0.25) is 4.79 Å². The third-order valence-corrected chi connectivity index (χ3v) is 2.32. The molecule has 1 unspecified atom stereocenters. The molecule has 0 amide bonds. The highest BCUT2D eigenvalue weighted by Gasteiger charge is 2.46. The van der Waals surface area contributed by atoms with Crippen LogP contribution in [0.15, 0.2) is 18.2 Å². The lowest BCUT2D eigenvalue weighted by Gasteiger charge is -2.17. The zero-order chi connectivity index (χ0) is 13.9. The minimum Gasteiger partial charge on any atom is -0.493 e. The number of hydrogen-bond donors (Lipinski definition) is 1. The smallest absolute Gasteiger partial charge is 0.406 e. The van der Waals surface area contributed by atoms with Crippen LogP contribution in [-0.4, -0.2) is 31.5 Å². The summed E-state index contributed by atoms with van der Waals surface area (Å²) in [4.78, 5) is 10.7. The molecule has 0 saturated heterocycles. The van der Waals surface area contributed by atoms with Gasteiger partial charge in [-0.25, -0.2) is 0 Å². The van der Waals surface area contributed by atoms with Crippen LogP contribution >= 0.6 is 0 Å². The molecule has 1 N–H and O–H groups in total. The number of hydrogen-bond acceptors (Lipinski definition) is 3. The van der Waals surface area contributed by atoms with Crippen LogP contribution in [0.1, 0.15) is 11.5 Å². The van der Waals surface area contributed by atoms with Crippen LogP contribution < -0.4 is 9.47 Å². The molecule has 1 aromatic carbocycles. The Morgan fingerprint density at radius 1 is 1.22 bits per heavy atom. The van der Waals surface area contributed by atoms with Gasteiger partial charge in [-0.1, -0.05) is 6.07 Å². The van der Waals surface area contributed by atoms with E-state index in [0.717, 1.165) is 12.1 Å². The van der Waals surface area contributed by atoms with E-state index in [-0.39, 0.29) is 11.5 Å². The number of carboxylic acids is 1. The van der Waals surface area contributed by atoms with Gasteiger partial charge in [0.15, 0.2) is 17.4 Å². The second-order valence-corrected chi connectivity index (χ2v) is 3.43. The highest BCUT2D eigenvalue weighted by atomic mass is 19.4. The molecule has 0 spiro atoms. The molecule has 0 radical (unpaired) electrons. The van der Waals surface area contributed by atoms with Crippen molar-refractivity contribution in [3.63, 3.8) is 0 Å². The Bertz CT molecular complexity index is 442. The molecule has 0 heterocycles. The lowest BCUT2D eigenvalue weighted by Crippen LogP contribution is -2.28. The maximum atomic E-state index is 12.6. The van der Waals surface area contributed by atoms with E-state index in [2.05, 4.69) is 0 Å². The normalized spacial score (nSPS) is 12.9. The molecule has 0 bridgehead atoms. The summed E-state index contributed by atoms with van der Waals surface area (Å²) in [6, 6.07) is 3.29. The van der Waals surface area contributed by atoms with Gasteiger partial charge < -0.3 is 14.6 Å². The summed E-state index contributed by atoms with van der Waals surface area (Å²) in [5, 5.41) is 8.66. The number of rotatable bonds is 4. The summed E-state index contributed by atoms with van der Waals surface area (Å²) in [5.41, 5.74) is -0.410. The SMILES string of the molecule is COc1ccc(C(C(=O)O)C(F)(F)F)cc1OC. The van der Waals surface area contributed by atoms with Gasteiger partial charge in [-0.2, -0.15) is 13.2 Å². The average Bonchev–Trinajstić information content (AvgIpc) is 2.26. The van der Waals surface area contributed by atoms with Gasteiger partial charge >= 0.3 is 12.1 Å². The first-order valence-electron chi connectivity index (χ1n) is 4.82. The molecule has 0 aliphatic heterocycles. The maximum Gasteiger partial charge on any atom is 0.406 e. The first kappa shape index (κ1) is 14.1. The van der Waals surface area contributed by atoms with Crippen LogP contribution in [0.2, 0.25) is 0 Å². The van der Waals surface area contributed by atoms with Gasteiger partial charge in [-0.15, -0.1) is 0 Å². The molecule has 18 heavy (non-hydrogen) atoms. The van der Waals surface area contributed by atoms with Gasteiger partial charge in [-0.05, 0) is 17.7 Å². The Labute approximate surface area is 101 Å². The van der Waals surface area contributed by atoms with Crippen molar-refractivity contribution in [2.45, 2.75) is 12.1 Å². The molecular formula is C11H11F3O4. The number of halogens is 3. The Balaban J connectivity index is 3.26. The molecule has 1 aromatic rings. The number of carbonyl (C=O) groups is 1. The zero-order valence-corrected chi connectivity index (χ0v) is 9.62. The quantitative estimate of drug-likeness (QED) is 0.907. The topological polar surface area (TPSA) is 55.8 Å². The van der Waals surface area contributed by atoms with Crippen LogP contribution in [0.5, 0.6) is 11.5 Å². The van der Waals surface area contributed by atoms with E-state index >= 15 is 0 Å². The van der Waals surface area contributed by atoms with Gasteiger partial charge in [0.05, 0.1) is 14.2 Å². The number of methoxy groups -OCH3 is 2. The lowest BCUT2D eigenvalue weighted by atomic mass is 9.98. The predicted molar refractivity (Wildman–Crippen MR) is 56.0 cm³/mol. The molecule has 100 valence electrons. The molecule has 4 nitrogen and oxygen atoms in total. The molecule has 0 aliphatic carbocycles. The maximum absolute atomic E-state index is 12.6. The standard InChI is InChI=1S/C11H11F3O4/c1-17-7-4-3-6(5-8(7)18-2)9(10(15)16)11(12,13)14/h3-5,9H,1-2H3,(H,15,16). The fourth-order valence-corrected chi connectivity index (χ4v) is 1.50. The third-order valence-electron chi connectivity index (χ3n) is 2.32. The van der Waals surface area contributed by atoms with E-state index in [4.69, 9.17) is 14.6 Å². The Hall–Kier alpha value is -1.92. The summed E-state index contributed by atoms with van der Waals surface area (Å²) < 4.78 is 47.6. The van der Waals surface area contributed by atoms with Gasteiger partial charge in [0.25, 0.3) is 0 Å². The van der Waals surface area contributed by atoms with Crippen LogP contribution in [0.3, 0.4) is 0 Å². The van der Waals surface area contributed by atoms with Crippen molar-refractivity contribution >= 4 is 5.97 Å². The van der Waals surface area contributed by atoms with E-state index in [0.29, 0.717) is 0 Å². The van der Waals surface area contributed by atoms with Crippen molar-refractivity contribution in [1.29, 1.82) is 0 Å². The lowest BCUT2D eigenvalue weighted by molar-refractivity contribution is -0.176. The third kappa shape index (κ3) is 2.85. The van der Waals surface area contributed by atoms with Crippen LogP contribution in [0.25, 0.3) is 0 Å². The van der Waals surface area contributed by atoms with Crippen molar-refractivity contribution in [2.24, 2.45) is 0 Å². The van der Waals surface area contributed by atoms with E-state index in [1.165, 1.54) is 20.3 Å². The predicted octanol–water partition coefficient (Wildman–Crippen LogP) is 2.43. The minimum absolute atomic E-state index is 0.0468. The van der Waals surface area contributed by atoms with Crippen molar-refractivity contribution < 1.29 is 32.5 Å². The van der Waals surface area contributed by atoms with Crippen molar-refractivity contribution in [2.75, 3.05) is 14.2 Å². The average molecular weight is 264 g/mol. The Morgan fingerprint density at radius 3 is 2.17 bits per heavy atom. The van der Waals surface area contributed by atoms with Crippen LogP contribution in [0, 0.1) is 0 Å². The van der Waals surface area contributed by atoms with Gasteiger partial charge in [0.1, 0.15) is 0 Å². The second kappa shape index (κ2) is 5.16. The fraction of sp³-hybridized carbons (Fsp3) is 0.364. The van der Waals surface area contributed by atoms with E-state index in [9.17, 15) is 18.0 Å². The number of alkyl halides is 3. The second-order valence-electron chi connectivity index (χ2n) is 3.43. The van der Waals surface area contributed by atoms with Crippen molar-refractivity contribution in [3.05, 3.63) is 23.8 Å². The summed E-state index contributed by atoms with van der Waals surface area (Å²) in [6.45, 7) is 0. The molecule has 1 atom stereocenters. The summed E-state index contributed by atoms with van der Waals surface area (Å²) >= 11 is 0. The number of aliphatic carboxylic acids is 1. The minimum atomic E-state index is -4.87. The molecule has 0 fully saturated rings. The number of carboxylic acid groups (broad SMARTS) is 1. The van der Waals surface area contributed by atoms with Gasteiger partial charge in [0.2, 0.25) is 0 Å². The van der Waals surface area contributed by atoms with Crippen LogP contribution in [0.4, 0.5) is 13.2 Å². The Kier molecular flexibility index (Phi) is 4.05. The summed E-state index contributed by atoms with van der Waals surface area (Å²) in [6.07, 6.45) is -4.87. The monoisotopic (exact) mass is 264 g/mol. The summed E-state index contributed by atoms with van der Waals surface area (Å²) in [5.74, 6) is -4.27. The molecule has 1 rings (SSSR count). The first-order chi connectivity index (χ1) is 8.31. The number of ether oxygens (including phenoxy) is 2. The van der Waals surface area contributed by atoms with Crippen molar-refractivity contribution in [3.8, 4) is 11.5 Å². The first-order valence-corrected chi connectivity index (χ1v) is 4.82. The van der Waals surface area contributed by atoms with Gasteiger partial charge in [0, 0.05) is 0 Å². The molecule has 0 aliphatic rings. The van der Waals surface area contributed by atoms with E-state index < -0.39 is 23.6 Å². The van der Waals surface area contributed by atoms with Crippen molar-refractivity contribution in [1.82, 2.24) is 0 Å². The largest absolute Gasteiger partial charge is 0.493 e. The number of benzene rings is 1. The molecule has 0 saturated carbocycles. The molecule has 7 heteroatoms. The zero-order valence-electron chi connectivity index (χ0n) is 9.62. The fourth-order valence-electron chi connectivity index (χ4n) is 1.50. The van der Waals surface area contributed by atoms with Crippen LogP contribution in [-0.2, 0) is 4.79 Å².